The average molecular weight is 335 g/mol. The first kappa shape index (κ1) is 16.3. The summed E-state index contributed by atoms with van der Waals surface area (Å²) in [6, 6.07) is 1.92. The van der Waals surface area contributed by atoms with Gasteiger partial charge in [-0.1, -0.05) is 23.2 Å². The van der Waals surface area contributed by atoms with E-state index >= 15 is 0 Å². The third kappa shape index (κ3) is 3.78. The number of amides is 2. The van der Waals surface area contributed by atoms with E-state index in [2.05, 4.69) is 5.32 Å². The Labute approximate surface area is 132 Å². The fourth-order valence-electron chi connectivity index (χ4n) is 2.22. The zero-order valence-electron chi connectivity index (χ0n) is 11.6. The first-order chi connectivity index (χ1) is 9.95. The molecular formula is C14H17Cl2FN2O2. The van der Waals surface area contributed by atoms with Gasteiger partial charge in [-0.2, -0.15) is 0 Å². The molecule has 4 nitrogen and oxygen atoms in total. The minimum atomic E-state index is -0.577. The van der Waals surface area contributed by atoms with Crippen LogP contribution < -0.4 is 5.32 Å². The van der Waals surface area contributed by atoms with Gasteiger partial charge in [-0.05, 0) is 31.9 Å². The molecule has 0 bridgehead atoms. The van der Waals surface area contributed by atoms with E-state index in [1.807, 2.05) is 0 Å². The summed E-state index contributed by atoms with van der Waals surface area (Å²) in [6.45, 7) is 1.86. The van der Waals surface area contributed by atoms with Crippen LogP contribution in [0.25, 0.3) is 0 Å². The maximum absolute atomic E-state index is 13.5. The molecule has 0 spiro atoms. The summed E-state index contributed by atoms with van der Waals surface area (Å²) < 4.78 is 13.5. The molecule has 116 valence electrons. The average Bonchev–Trinajstić information content (AvgIpc) is 3.25. The molecule has 1 aromatic carbocycles. The van der Waals surface area contributed by atoms with Crippen LogP contribution in [0, 0.1) is 5.82 Å². The van der Waals surface area contributed by atoms with E-state index in [1.54, 1.807) is 11.8 Å². The predicted octanol–water partition coefficient (Wildman–Crippen LogP) is 3.36. The lowest BCUT2D eigenvalue weighted by Gasteiger charge is -2.25. The SMILES string of the molecule is CC(NC(=O)N(CCO)C1CC1)c1c(Cl)ccc(F)c1Cl. The van der Waals surface area contributed by atoms with Crippen molar-refractivity contribution in [3.63, 3.8) is 0 Å². The molecule has 0 saturated heterocycles. The molecule has 7 heteroatoms. The van der Waals surface area contributed by atoms with Crippen molar-refractivity contribution in [2.45, 2.75) is 31.8 Å². The number of hydrogen-bond donors (Lipinski definition) is 2. The Morgan fingerprint density at radius 1 is 1.52 bits per heavy atom. The van der Waals surface area contributed by atoms with Crippen molar-refractivity contribution in [1.82, 2.24) is 10.2 Å². The molecule has 21 heavy (non-hydrogen) atoms. The summed E-state index contributed by atoms with van der Waals surface area (Å²) in [5.74, 6) is -0.577. The van der Waals surface area contributed by atoms with Gasteiger partial charge in [0.2, 0.25) is 0 Å². The molecule has 0 radical (unpaired) electrons. The first-order valence-electron chi connectivity index (χ1n) is 6.77. The van der Waals surface area contributed by atoms with Gasteiger partial charge < -0.3 is 15.3 Å². The van der Waals surface area contributed by atoms with Crippen molar-refractivity contribution in [1.29, 1.82) is 0 Å². The second kappa shape index (κ2) is 6.81. The molecular weight excluding hydrogens is 318 g/mol. The van der Waals surface area contributed by atoms with Crippen LogP contribution >= 0.6 is 23.2 Å². The third-order valence-electron chi connectivity index (χ3n) is 3.44. The van der Waals surface area contributed by atoms with E-state index < -0.39 is 11.9 Å². The standard InChI is InChI=1S/C14H17Cl2FN2O2/c1-8(12-10(15)4-5-11(17)13(12)16)18-14(21)19(6-7-20)9-2-3-9/h4-5,8-9,20H,2-3,6-7H2,1H3,(H,18,21). The van der Waals surface area contributed by atoms with E-state index in [1.165, 1.54) is 12.1 Å². The normalized spacial score (nSPS) is 15.7. The Hall–Kier alpha value is -1.04. The molecule has 0 aliphatic heterocycles. The number of hydrogen-bond acceptors (Lipinski definition) is 2. The van der Waals surface area contributed by atoms with Gasteiger partial charge in [0.15, 0.2) is 0 Å². The summed E-state index contributed by atoms with van der Waals surface area (Å²) in [4.78, 5) is 13.8. The topological polar surface area (TPSA) is 52.6 Å². The molecule has 1 atom stereocenters. The van der Waals surface area contributed by atoms with Crippen LogP contribution in [0.1, 0.15) is 31.4 Å². The summed E-state index contributed by atoms with van der Waals surface area (Å²) in [7, 11) is 0. The van der Waals surface area contributed by atoms with Gasteiger partial charge in [-0.25, -0.2) is 9.18 Å². The molecule has 0 heterocycles. The monoisotopic (exact) mass is 334 g/mol. The fourth-order valence-corrected chi connectivity index (χ4v) is 2.92. The Kier molecular flexibility index (Phi) is 5.30. The molecule has 1 unspecified atom stereocenters. The largest absolute Gasteiger partial charge is 0.395 e. The summed E-state index contributed by atoms with van der Waals surface area (Å²) in [6.07, 6.45) is 1.87. The van der Waals surface area contributed by atoms with Crippen molar-refractivity contribution in [2.24, 2.45) is 0 Å². The van der Waals surface area contributed by atoms with Crippen molar-refractivity contribution in [3.8, 4) is 0 Å². The van der Waals surface area contributed by atoms with Crippen LogP contribution in [0.15, 0.2) is 12.1 Å². The number of carbonyl (C=O) groups excluding carboxylic acids is 1. The Morgan fingerprint density at radius 2 is 2.19 bits per heavy atom. The van der Waals surface area contributed by atoms with Crippen LogP contribution in [0.5, 0.6) is 0 Å². The highest BCUT2D eigenvalue weighted by Gasteiger charge is 2.33. The molecule has 2 amide bonds. The van der Waals surface area contributed by atoms with Gasteiger partial charge in [-0.3, -0.25) is 0 Å². The van der Waals surface area contributed by atoms with E-state index in [0.717, 1.165) is 12.8 Å². The van der Waals surface area contributed by atoms with Crippen molar-refractivity contribution < 1.29 is 14.3 Å². The van der Waals surface area contributed by atoms with Crippen molar-refractivity contribution in [3.05, 3.63) is 33.6 Å². The lowest BCUT2D eigenvalue weighted by atomic mass is 10.1. The smallest absolute Gasteiger partial charge is 0.318 e. The van der Waals surface area contributed by atoms with Gasteiger partial charge in [0.1, 0.15) is 5.82 Å². The summed E-state index contributed by atoms with van der Waals surface area (Å²) >= 11 is 12.0. The molecule has 0 aromatic heterocycles. The maximum Gasteiger partial charge on any atom is 0.318 e. The zero-order chi connectivity index (χ0) is 15.6. The Balaban J connectivity index is 2.12. The highest BCUT2D eigenvalue weighted by Crippen LogP contribution is 2.33. The fraction of sp³-hybridized carbons (Fsp3) is 0.500. The number of benzene rings is 1. The highest BCUT2D eigenvalue weighted by atomic mass is 35.5. The van der Waals surface area contributed by atoms with Crippen LogP contribution in [0.4, 0.5) is 9.18 Å². The zero-order valence-corrected chi connectivity index (χ0v) is 13.1. The van der Waals surface area contributed by atoms with Gasteiger partial charge in [0, 0.05) is 23.2 Å². The maximum atomic E-state index is 13.5. The van der Waals surface area contributed by atoms with Crippen LogP contribution in [0.2, 0.25) is 10.0 Å². The second-order valence-corrected chi connectivity index (χ2v) is 5.86. The summed E-state index contributed by atoms with van der Waals surface area (Å²) in [5, 5.41) is 12.0. The first-order valence-corrected chi connectivity index (χ1v) is 7.52. The number of aliphatic hydroxyl groups excluding tert-OH is 1. The summed E-state index contributed by atoms with van der Waals surface area (Å²) in [5.41, 5.74) is 0.353. The number of rotatable bonds is 5. The van der Waals surface area contributed by atoms with Gasteiger partial charge in [0.05, 0.1) is 17.7 Å². The van der Waals surface area contributed by atoms with Crippen molar-refractivity contribution >= 4 is 29.2 Å². The molecule has 1 aliphatic rings. The van der Waals surface area contributed by atoms with E-state index in [-0.39, 0.29) is 30.2 Å². The van der Waals surface area contributed by atoms with Gasteiger partial charge in [0.25, 0.3) is 0 Å². The van der Waals surface area contributed by atoms with E-state index in [4.69, 9.17) is 28.3 Å². The van der Waals surface area contributed by atoms with E-state index in [0.29, 0.717) is 10.6 Å². The van der Waals surface area contributed by atoms with Crippen LogP contribution in [-0.2, 0) is 0 Å². The second-order valence-electron chi connectivity index (χ2n) is 5.08. The minimum Gasteiger partial charge on any atom is -0.395 e. The third-order valence-corrected chi connectivity index (χ3v) is 4.16. The van der Waals surface area contributed by atoms with E-state index in [9.17, 15) is 9.18 Å². The predicted molar refractivity (Wildman–Crippen MR) is 80.2 cm³/mol. The number of carbonyl (C=O) groups is 1. The van der Waals surface area contributed by atoms with Crippen molar-refractivity contribution in [2.75, 3.05) is 13.2 Å². The highest BCUT2D eigenvalue weighted by molar-refractivity contribution is 6.36. The molecule has 2 N–H and O–H groups in total. The van der Waals surface area contributed by atoms with Crippen LogP contribution in [0.3, 0.4) is 0 Å². The number of urea groups is 1. The number of halogens is 3. The lowest BCUT2D eigenvalue weighted by Crippen LogP contribution is -2.43. The number of nitrogens with one attached hydrogen (secondary N) is 1. The minimum absolute atomic E-state index is 0.0876. The quantitative estimate of drug-likeness (QED) is 0.811. The number of nitrogens with zero attached hydrogens (tertiary/aromatic N) is 1. The molecule has 1 saturated carbocycles. The van der Waals surface area contributed by atoms with Crippen LogP contribution in [-0.4, -0.2) is 35.2 Å². The molecule has 1 aromatic rings. The molecule has 2 rings (SSSR count). The molecule has 1 aliphatic carbocycles. The lowest BCUT2D eigenvalue weighted by molar-refractivity contribution is 0.171. The Bertz CT molecular complexity index is 538. The molecule has 1 fully saturated rings. The number of aliphatic hydroxyl groups is 1. The Morgan fingerprint density at radius 3 is 2.76 bits per heavy atom. The van der Waals surface area contributed by atoms with Gasteiger partial charge >= 0.3 is 6.03 Å². The van der Waals surface area contributed by atoms with Gasteiger partial charge in [-0.15, -0.1) is 0 Å².